The molecule has 0 fully saturated rings. The third-order valence-corrected chi connectivity index (χ3v) is 3.78. The van der Waals surface area contributed by atoms with Crippen molar-refractivity contribution in [1.82, 2.24) is 0 Å². The average Bonchev–Trinajstić information content (AvgIpc) is 2.53. The minimum absolute atomic E-state index is 0.0640. The van der Waals surface area contributed by atoms with Gasteiger partial charge < -0.3 is 9.52 Å². The Morgan fingerprint density at radius 2 is 1.95 bits per heavy atom. The Bertz CT molecular complexity index is 862. The number of phenols is 1. The molecular formula is C19H18O3. The summed E-state index contributed by atoms with van der Waals surface area (Å²) < 4.78 is 5.42. The molecule has 0 unspecified atom stereocenters. The summed E-state index contributed by atoms with van der Waals surface area (Å²) in [7, 11) is 0. The molecule has 0 saturated heterocycles. The molecule has 3 heteroatoms. The Hall–Kier alpha value is -2.55. The zero-order chi connectivity index (χ0) is 15.5. The summed E-state index contributed by atoms with van der Waals surface area (Å²) in [6, 6.07) is 14.7. The molecule has 0 aliphatic heterocycles. The van der Waals surface area contributed by atoms with E-state index in [1.807, 2.05) is 18.2 Å². The summed E-state index contributed by atoms with van der Waals surface area (Å²) in [6.45, 7) is 2.17. The van der Waals surface area contributed by atoms with Crippen molar-refractivity contribution in [2.75, 3.05) is 0 Å². The molecule has 3 nitrogen and oxygen atoms in total. The van der Waals surface area contributed by atoms with E-state index in [2.05, 4.69) is 19.1 Å². The van der Waals surface area contributed by atoms with Crippen LogP contribution in [0.25, 0.3) is 22.1 Å². The second-order valence-corrected chi connectivity index (χ2v) is 5.47. The van der Waals surface area contributed by atoms with Gasteiger partial charge in [-0.25, -0.2) is 4.79 Å². The highest BCUT2D eigenvalue weighted by molar-refractivity contribution is 5.85. The van der Waals surface area contributed by atoms with Crippen molar-refractivity contribution < 1.29 is 9.52 Å². The number of benzene rings is 2. The molecule has 1 heterocycles. The van der Waals surface area contributed by atoms with Crippen LogP contribution in [0.15, 0.2) is 57.7 Å². The summed E-state index contributed by atoms with van der Waals surface area (Å²) in [5.74, 6) is 0.621. The molecule has 0 atom stereocenters. The van der Waals surface area contributed by atoms with Gasteiger partial charge in [-0.05, 0) is 48.1 Å². The first-order valence-electron chi connectivity index (χ1n) is 7.53. The van der Waals surface area contributed by atoms with E-state index in [1.165, 1.54) is 11.6 Å². The van der Waals surface area contributed by atoms with Crippen molar-refractivity contribution in [3.63, 3.8) is 0 Å². The fourth-order valence-corrected chi connectivity index (χ4v) is 2.58. The maximum absolute atomic E-state index is 12.1. The van der Waals surface area contributed by atoms with Crippen LogP contribution in [0.4, 0.5) is 0 Å². The second-order valence-electron chi connectivity index (χ2n) is 5.47. The summed E-state index contributed by atoms with van der Waals surface area (Å²) >= 11 is 0. The fourth-order valence-electron chi connectivity index (χ4n) is 2.58. The normalized spacial score (nSPS) is 11.0. The van der Waals surface area contributed by atoms with Gasteiger partial charge in [-0.1, -0.05) is 37.6 Å². The van der Waals surface area contributed by atoms with Gasteiger partial charge in [-0.3, -0.25) is 0 Å². The molecule has 112 valence electrons. The highest BCUT2D eigenvalue weighted by atomic mass is 16.4. The van der Waals surface area contributed by atoms with Crippen LogP contribution in [0.2, 0.25) is 0 Å². The Morgan fingerprint density at radius 3 is 2.77 bits per heavy atom. The van der Waals surface area contributed by atoms with Crippen LogP contribution in [0.5, 0.6) is 5.75 Å². The number of phenolic OH excluding ortho intramolecular Hbond substituents is 1. The number of aryl methyl sites for hydroxylation is 1. The first-order chi connectivity index (χ1) is 10.7. The third kappa shape index (κ3) is 2.89. The first-order valence-corrected chi connectivity index (χ1v) is 7.53. The largest absolute Gasteiger partial charge is 0.508 e. The number of hydrogen-bond acceptors (Lipinski definition) is 3. The van der Waals surface area contributed by atoms with Crippen molar-refractivity contribution in [2.45, 2.75) is 26.2 Å². The zero-order valence-corrected chi connectivity index (χ0v) is 12.5. The predicted molar refractivity (Wildman–Crippen MR) is 88.2 cm³/mol. The van der Waals surface area contributed by atoms with Crippen LogP contribution in [0.3, 0.4) is 0 Å². The maximum atomic E-state index is 12.1. The van der Waals surface area contributed by atoms with E-state index in [4.69, 9.17) is 4.42 Å². The Morgan fingerprint density at radius 1 is 1.09 bits per heavy atom. The lowest BCUT2D eigenvalue weighted by Gasteiger charge is -2.06. The maximum Gasteiger partial charge on any atom is 0.344 e. The quantitative estimate of drug-likeness (QED) is 0.770. The SMILES string of the molecule is CCCCc1cccc(-c2cc3ccc(O)cc3c(=O)o2)c1. The molecule has 1 aromatic heterocycles. The number of unbranched alkanes of at least 4 members (excludes halogenated alkanes) is 1. The monoisotopic (exact) mass is 294 g/mol. The molecular weight excluding hydrogens is 276 g/mol. The van der Waals surface area contributed by atoms with Crippen molar-refractivity contribution >= 4 is 10.8 Å². The van der Waals surface area contributed by atoms with Gasteiger partial charge in [0.25, 0.3) is 0 Å². The van der Waals surface area contributed by atoms with Gasteiger partial charge >= 0.3 is 5.63 Å². The molecule has 2 aromatic carbocycles. The lowest BCUT2D eigenvalue weighted by atomic mass is 10.0. The third-order valence-electron chi connectivity index (χ3n) is 3.78. The topological polar surface area (TPSA) is 50.4 Å². The van der Waals surface area contributed by atoms with Crippen LogP contribution in [-0.2, 0) is 6.42 Å². The van der Waals surface area contributed by atoms with Gasteiger partial charge in [0.05, 0.1) is 5.39 Å². The second kappa shape index (κ2) is 6.06. The van der Waals surface area contributed by atoms with Crippen LogP contribution in [0.1, 0.15) is 25.3 Å². The molecule has 1 N–H and O–H groups in total. The molecule has 0 aliphatic carbocycles. The van der Waals surface area contributed by atoms with E-state index in [1.54, 1.807) is 12.1 Å². The van der Waals surface area contributed by atoms with Crippen LogP contribution in [-0.4, -0.2) is 5.11 Å². The highest BCUT2D eigenvalue weighted by Gasteiger charge is 2.08. The van der Waals surface area contributed by atoms with Crippen LogP contribution >= 0.6 is 0 Å². The van der Waals surface area contributed by atoms with Gasteiger partial charge in [0, 0.05) is 5.56 Å². The van der Waals surface area contributed by atoms with Crippen molar-refractivity contribution in [3.8, 4) is 17.1 Å². The van der Waals surface area contributed by atoms with Crippen molar-refractivity contribution in [3.05, 3.63) is 64.5 Å². The smallest absolute Gasteiger partial charge is 0.344 e. The van der Waals surface area contributed by atoms with Crippen LogP contribution in [0, 0.1) is 0 Å². The van der Waals surface area contributed by atoms with Gasteiger partial charge in [-0.2, -0.15) is 0 Å². The van der Waals surface area contributed by atoms with Gasteiger partial charge in [0.2, 0.25) is 0 Å². The molecule has 0 amide bonds. The van der Waals surface area contributed by atoms with E-state index < -0.39 is 5.63 Å². The lowest BCUT2D eigenvalue weighted by Crippen LogP contribution is -2.00. The number of fused-ring (bicyclic) bond motifs is 1. The van der Waals surface area contributed by atoms with E-state index in [-0.39, 0.29) is 5.75 Å². The molecule has 0 aliphatic rings. The van der Waals surface area contributed by atoms with Gasteiger partial charge in [0.15, 0.2) is 0 Å². The molecule has 0 spiro atoms. The predicted octanol–water partition coefficient (Wildman–Crippen LogP) is 4.51. The van der Waals surface area contributed by atoms with Gasteiger partial charge in [0.1, 0.15) is 11.5 Å². The van der Waals surface area contributed by atoms with E-state index in [0.717, 1.165) is 30.2 Å². The molecule has 0 bridgehead atoms. The van der Waals surface area contributed by atoms with E-state index in [9.17, 15) is 9.90 Å². The van der Waals surface area contributed by atoms with Crippen LogP contribution < -0.4 is 5.63 Å². The van der Waals surface area contributed by atoms with Crippen molar-refractivity contribution in [2.24, 2.45) is 0 Å². The molecule has 3 aromatic rings. The Balaban J connectivity index is 2.07. The summed E-state index contributed by atoms with van der Waals surface area (Å²) in [4.78, 5) is 12.1. The Labute approximate surface area is 128 Å². The summed E-state index contributed by atoms with van der Waals surface area (Å²) in [6.07, 6.45) is 3.32. The van der Waals surface area contributed by atoms with Gasteiger partial charge in [-0.15, -0.1) is 0 Å². The fraction of sp³-hybridized carbons (Fsp3) is 0.211. The average molecular weight is 294 g/mol. The summed E-state index contributed by atoms with van der Waals surface area (Å²) in [5, 5.41) is 10.6. The highest BCUT2D eigenvalue weighted by Crippen LogP contribution is 2.25. The minimum atomic E-state index is -0.428. The van der Waals surface area contributed by atoms with E-state index >= 15 is 0 Å². The number of aromatic hydroxyl groups is 1. The molecule has 22 heavy (non-hydrogen) atoms. The zero-order valence-electron chi connectivity index (χ0n) is 12.5. The molecule has 3 rings (SSSR count). The Kier molecular flexibility index (Phi) is 3.96. The van der Waals surface area contributed by atoms with E-state index in [0.29, 0.717) is 11.1 Å². The number of rotatable bonds is 4. The standard InChI is InChI=1S/C19H18O3/c1-2-3-5-13-6-4-7-15(10-13)18-11-14-8-9-16(20)12-17(14)19(21)22-18/h4,6-12,20H,2-3,5H2,1H3. The first kappa shape index (κ1) is 14.4. The lowest BCUT2D eigenvalue weighted by molar-refractivity contribution is 0.475. The number of hydrogen-bond donors (Lipinski definition) is 1. The molecule has 0 saturated carbocycles. The minimum Gasteiger partial charge on any atom is -0.508 e. The molecule has 0 radical (unpaired) electrons. The van der Waals surface area contributed by atoms with Crippen molar-refractivity contribution in [1.29, 1.82) is 0 Å². The summed E-state index contributed by atoms with van der Waals surface area (Å²) in [5.41, 5.74) is 1.72.